The van der Waals surface area contributed by atoms with Crippen molar-refractivity contribution in [3.8, 4) is 0 Å². The molecule has 0 unspecified atom stereocenters. The summed E-state index contributed by atoms with van der Waals surface area (Å²) in [5.41, 5.74) is 7.15. The number of nitrogens with zero attached hydrogens (tertiary/aromatic N) is 2. The molecule has 1 saturated heterocycles. The zero-order valence-electron chi connectivity index (χ0n) is 12.3. The summed E-state index contributed by atoms with van der Waals surface area (Å²) in [6.07, 6.45) is 1.27. The van der Waals surface area contributed by atoms with Gasteiger partial charge < -0.3 is 5.73 Å². The summed E-state index contributed by atoms with van der Waals surface area (Å²) in [5.74, 6) is 0. The highest BCUT2D eigenvalue weighted by Crippen LogP contribution is 2.19. The topological polar surface area (TPSA) is 32.5 Å². The molecule has 1 aromatic rings. The minimum Gasteiger partial charge on any atom is -0.329 e. The second kappa shape index (κ2) is 7.04. The Morgan fingerprint density at radius 1 is 1.32 bits per heavy atom. The van der Waals surface area contributed by atoms with Crippen molar-refractivity contribution >= 4 is 0 Å². The summed E-state index contributed by atoms with van der Waals surface area (Å²) in [7, 11) is 0. The second-order valence-corrected chi connectivity index (χ2v) is 5.78. The number of nitrogens with two attached hydrogens (primary N) is 1. The first-order chi connectivity index (χ1) is 9.20. The monoisotopic (exact) mass is 261 g/mol. The van der Waals surface area contributed by atoms with Crippen LogP contribution in [0.1, 0.15) is 25.8 Å². The van der Waals surface area contributed by atoms with Crippen molar-refractivity contribution in [2.24, 2.45) is 5.73 Å². The lowest BCUT2D eigenvalue weighted by Gasteiger charge is -2.32. The lowest BCUT2D eigenvalue weighted by Crippen LogP contribution is -2.44. The van der Waals surface area contributed by atoms with Crippen LogP contribution in [0, 0.1) is 0 Å². The molecule has 2 N–H and O–H groups in total. The Balaban J connectivity index is 1.88. The molecule has 0 radical (unpaired) electrons. The average Bonchev–Trinajstić information content (AvgIpc) is 2.85. The van der Waals surface area contributed by atoms with Gasteiger partial charge in [0.05, 0.1) is 0 Å². The van der Waals surface area contributed by atoms with Crippen LogP contribution in [0.2, 0.25) is 0 Å². The molecular formula is C16H27N3. The summed E-state index contributed by atoms with van der Waals surface area (Å²) in [5, 5.41) is 0. The van der Waals surface area contributed by atoms with Crippen LogP contribution < -0.4 is 5.73 Å². The Hall–Kier alpha value is -0.900. The molecule has 19 heavy (non-hydrogen) atoms. The third kappa shape index (κ3) is 4.03. The van der Waals surface area contributed by atoms with Crippen LogP contribution in [0.4, 0.5) is 0 Å². The highest BCUT2D eigenvalue weighted by molar-refractivity contribution is 5.14. The van der Waals surface area contributed by atoms with Crippen molar-refractivity contribution in [1.29, 1.82) is 0 Å². The number of likely N-dealkylation sites (tertiary alicyclic amines) is 1. The SMILES string of the molecule is CC(C)N(CCN)[C@@H]1CCN(Cc2ccccc2)C1. The van der Waals surface area contributed by atoms with E-state index in [0.717, 1.165) is 19.6 Å². The van der Waals surface area contributed by atoms with E-state index < -0.39 is 0 Å². The molecular weight excluding hydrogens is 234 g/mol. The van der Waals surface area contributed by atoms with E-state index in [4.69, 9.17) is 5.73 Å². The van der Waals surface area contributed by atoms with Gasteiger partial charge in [-0.3, -0.25) is 9.80 Å². The van der Waals surface area contributed by atoms with E-state index in [1.54, 1.807) is 0 Å². The summed E-state index contributed by atoms with van der Waals surface area (Å²) < 4.78 is 0. The van der Waals surface area contributed by atoms with Gasteiger partial charge in [0, 0.05) is 44.8 Å². The molecule has 1 fully saturated rings. The molecule has 1 aromatic carbocycles. The highest BCUT2D eigenvalue weighted by atomic mass is 15.3. The van der Waals surface area contributed by atoms with Crippen LogP contribution in [0.5, 0.6) is 0 Å². The van der Waals surface area contributed by atoms with Gasteiger partial charge in [-0.2, -0.15) is 0 Å². The van der Waals surface area contributed by atoms with E-state index in [2.05, 4.69) is 54.0 Å². The van der Waals surface area contributed by atoms with Crippen LogP contribution in [0.25, 0.3) is 0 Å². The van der Waals surface area contributed by atoms with E-state index >= 15 is 0 Å². The van der Waals surface area contributed by atoms with Gasteiger partial charge in [-0.15, -0.1) is 0 Å². The zero-order chi connectivity index (χ0) is 13.7. The molecule has 1 aliphatic rings. The van der Waals surface area contributed by atoms with E-state index in [-0.39, 0.29) is 0 Å². The lowest BCUT2D eigenvalue weighted by atomic mass is 10.1. The van der Waals surface area contributed by atoms with Gasteiger partial charge in [0.1, 0.15) is 0 Å². The van der Waals surface area contributed by atoms with Gasteiger partial charge in [-0.05, 0) is 25.8 Å². The fourth-order valence-corrected chi connectivity index (χ4v) is 3.08. The third-order valence-corrected chi connectivity index (χ3v) is 4.02. The molecule has 0 saturated carbocycles. The van der Waals surface area contributed by atoms with Crippen molar-refractivity contribution in [1.82, 2.24) is 9.80 Å². The average molecular weight is 261 g/mol. The van der Waals surface area contributed by atoms with Gasteiger partial charge in [-0.1, -0.05) is 30.3 Å². The summed E-state index contributed by atoms with van der Waals surface area (Å²) in [6, 6.07) is 12.0. The molecule has 3 heteroatoms. The maximum Gasteiger partial charge on any atom is 0.0238 e. The number of hydrogen-bond acceptors (Lipinski definition) is 3. The van der Waals surface area contributed by atoms with Gasteiger partial charge in [0.25, 0.3) is 0 Å². The zero-order valence-corrected chi connectivity index (χ0v) is 12.3. The van der Waals surface area contributed by atoms with E-state index in [1.165, 1.54) is 25.1 Å². The van der Waals surface area contributed by atoms with Crippen molar-refractivity contribution in [2.75, 3.05) is 26.2 Å². The molecule has 0 aromatic heterocycles. The molecule has 2 rings (SSSR count). The van der Waals surface area contributed by atoms with Crippen molar-refractivity contribution in [2.45, 2.75) is 38.9 Å². The first-order valence-corrected chi connectivity index (χ1v) is 7.42. The molecule has 0 bridgehead atoms. The largest absolute Gasteiger partial charge is 0.329 e. The van der Waals surface area contributed by atoms with Crippen LogP contribution in [0.3, 0.4) is 0 Å². The molecule has 1 atom stereocenters. The first-order valence-electron chi connectivity index (χ1n) is 7.42. The molecule has 1 aliphatic heterocycles. The van der Waals surface area contributed by atoms with Crippen LogP contribution in [-0.2, 0) is 6.54 Å². The van der Waals surface area contributed by atoms with Crippen LogP contribution in [-0.4, -0.2) is 48.1 Å². The molecule has 1 heterocycles. The lowest BCUT2D eigenvalue weighted by molar-refractivity contribution is 0.156. The Morgan fingerprint density at radius 2 is 2.05 bits per heavy atom. The van der Waals surface area contributed by atoms with Gasteiger partial charge in [0.2, 0.25) is 0 Å². The standard InChI is InChI=1S/C16H27N3/c1-14(2)19(11-9-17)16-8-10-18(13-16)12-15-6-4-3-5-7-15/h3-7,14,16H,8-13,17H2,1-2H3/t16-/m1/s1. The molecule has 0 spiro atoms. The predicted molar refractivity (Wildman–Crippen MR) is 81.0 cm³/mol. The quantitative estimate of drug-likeness (QED) is 0.849. The molecule has 0 aliphatic carbocycles. The predicted octanol–water partition coefficient (Wildman–Crippen LogP) is 1.93. The minimum absolute atomic E-state index is 0.588. The van der Waals surface area contributed by atoms with Crippen molar-refractivity contribution in [3.63, 3.8) is 0 Å². The Labute approximate surface area is 117 Å². The minimum atomic E-state index is 0.588. The maximum atomic E-state index is 5.74. The third-order valence-electron chi connectivity index (χ3n) is 4.02. The van der Waals surface area contributed by atoms with Gasteiger partial charge in [0.15, 0.2) is 0 Å². The molecule has 106 valence electrons. The fraction of sp³-hybridized carbons (Fsp3) is 0.625. The van der Waals surface area contributed by atoms with E-state index in [1.807, 2.05) is 0 Å². The number of hydrogen-bond donors (Lipinski definition) is 1. The Bertz CT molecular complexity index is 364. The summed E-state index contributed by atoms with van der Waals surface area (Å²) in [6.45, 7) is 9.77. The van der Waals surface area contributed by atoms with Crippen LogP contribution >= 0.6 is 0 Å². The number of benzene rings is 1. The molecule has 0 amide bonds. The number of rotatable bonds is 6. The molecule has 3 nitrogen and oxygen atoms in total. The van der Waals surface area contributed by atoms with Gasteiger partial charge in [-0.25, -0.2) is 0 Å². The smallest absolute Gasteiger partial charge is 0.0238 e. The van der Waals surface area contributed by atoms with E-state index in [9.17, 15) is 0 Å². The maximum absolute atomic E-state index is 5.74. The Kier molecular flexibility index (Phi) is 5.37. The normalized spacial score (nSPS) is 20.6. The fourth-order valence-electron chi connectivity index (χ4n) is 3.08. The van der Waals surface area contributed by atoms with Crippen molar-refractivity contribution in [3.05, 3.63) is 35.9 Å². The first kappa shape index (κ1) is 14.5. The van der Waals surface area contributed by atoms with Crippen LogP contribution in [0.15, 0.2) is 30.3 Å². The highest BCUT2D eigenvalue weighted by Gasteiger charge is 2.28. The summed E-state index contributed by atoms with van der Waals surface area (Å²) >= 11 is 0. The second-order valence-electron chi connectivity index (χ2n) is 5.78. The van der Waals surface area contributed by atoms with Crippen molar-refractivity contribution < 1.29 is 0 Å². The van der Waals surface area contributed by atoms with Gasteiger partial charge >= 0.3 is 0 Å². The van der Waals surface area contributed by atoms with E-state index in [0.29, 0.717) is 12.1 Å². The summed E-state index contributed by atoms with van der Waals surface area (Å²) in [4.78, 5) is 5.12. The Morgan fingerprint density at radius 3 is 2.68 bits per heavy atom.